The summed E-state index contributed by atoms with van der Waals surface area (Å²) in [5, 5.41) is 10.3. The quantitative estimate of drug-likeness (QED) is 0.409. The first-order chi connectivity index (χ1) is 16.5. The highest BCUT2D eigenvalue weighted by molar-refractivity contribution is 7.98. The average Bonchev–Trinajstić information content (AvgIpc) is 3.49. The molecule has 5 rings (SSSR count). The van der Waals surface area contributed by atoms with Crippen LogP contribution in [0.15, 0.2) is 52.5 Å². The highest BCUT2D eigenvalue weighted by Crippen LogP contribution is 2.38. The fourth-order valence-corrected chi connectivity index (χ4v) is 7.95. The van der Waals surface area contributed by atoms with Gasteiger partial charge in [-0.15, -0.1) is 0 Å². The van der Waals surface area contributed by atoms with E-state index in [9.17, 15) is 13.7 Å². The van der Waals surface area contributed by atoms with Crippen molar-refractivity contribution in [3.05, 3.63) is 53.6 Å². The Balaban J connectivity index is 1.50. The van der Waals surface area contributed by atoms with Crippen LogP contribution in [0.4, 0.5) is 0 Å². The van der Waals surface area contributed by atoms with Crippen LogP contribution in [0.2, 0.25) is 0 Å². The lowest BCUT2D eigenvalue weighted by molar-refractivity contribution is 0.281. The topological polar surface area (TPSA) is 79.0 Å². The summed E-state index contributed by atoms with van der Waals surface area (Å²) in [6.45, 7) is 3.28. The molecule has 1 saturated carbocycles. The standard InChI is InChI=1S/C26H30N4O2S2/c1-19-7-6-14-29(17-19)34(31,32)23-12-13-25-24(15-23)28-26(30(25)22-10-4-5-11-22)33-18-21-9-3-2-8-20(21)16-27/h2-3,8-9,12-13,15,19,22H,4-7,10-11,14,17-18H2,1H3. The number of nitriles is 1. The number of rotatable bonds is 6. The zero-order chi connectivity index (χ0) is 23.7. The van der Waals surface area contributed by atoms with Crippen LogP contribution in [0.1, 0.15) is 62.6 Å². The molecule has 3 aromatic rings. The summed E-state index contributed by atoms with van der Waals surface area (Å²) in [6, 6.07) is 15.8. The minimum absolute atomic E-state index is 0.330. The molecule has 0 N–H and O–H groups in total. The number of aromatic nitrogens is 2. The van der Waals surface area contributed by atoms with Crippen LogP contribution < -0.4 is 0 Å². The van der Waals surface area contributed by atoms with Crippen molar-refractivity contribution in [2.75, 3.05) is 13.1 Å². The third-order valence-electron chi connectivity index (χ3n) is 7.07. The average molecular weight is 495 g/mol. The fraction of sp³-hybridized carbons (Fsp3) is 0.462. The molecule has 0 bridgehead atoms. The highest BCUT2D eigenvalue weighted by atomic mass is 32.2. The molecule has 2 fully saturated rings. The number of imidazole rings is 1. The number of thioether (sulfide) groups is 1. The SMILES string of the molecule is CC1CCCN(S(=O)(=O)c2ccc3c(c2)nc(SCc2ccccc2C#N)n3C2CCCC2)C1. The van der Waals surface area contributed by atoms with Gasteiger partial charge in [-0.05, 0) is 61.4 Å². The third-order valence-corrected chi connectivity index (χ3v) is 9.93. The van der Waals surface area contributed by atoms with Gasteiger partial charge in [-0.1, -0.05) is 49.7 Å². The predicted molar refractivity (Wildman–Crippen MR) is 135 cm³/mol. The molecule has 1 atom stereocenters. The van der Waals surface area contributed by atoms with E-state index in [2.05, 4.69) is 17.6 Å². The highest BCUT2D eigenvalue weighted by Gasteiger charge is 2.30. The Labute approximate surface area is 206 Å². The van der Waals surface area contributed by atoms with Crippen LogP contribution >= 0.6 is 11.8 Å². The van der Waals surface area contributed by atoms with E-state index in [0.29, 0.717) is 41.3 Å². The van der Waals surface area contributed by atoms with Crippen molar-refractivity contribution in [1.82, 2.24) is 13.9 Å². The molecular formula is C26H30N4O2S2. The Morgan fingerprint density at radius 2 is 1.91 bits per heavy atom. The monoisotopic (exact) mass is 494 g/mol. The molecule has 1 unspecified atom stereocenters. The van der Waals surface area contributed by atoms with E-state index in [-0.39, 0.29) is 0 Å². The van der Waals surface area contributed by atoms with Crippen molar-refractivity contribution in [3.8, 4) is 6.07 Å². The first-order valence-corrected chi connectivity index (χ1v) is 14.5. The van der Waals surface area contributed by atoms with E-state index in [4.69, 9.17) is 4.98 Å². The molecule has 1 aromatic heterocycles. The second kappa shape index (κ2) is 9.73. The summed E-state index contributed by atoms with van der Waals surface area (Å²) in [6.07, 6.45) is 6.60. The van der Waals surface area contributed by atoms with E-state index in [1.165, 1.54) is 12.8 Å². The minimum Gasteiger partial charge on any atom is -0.316 e. The first kappa shape index (κ1) is 23.4. The van der Waals surface area contributed by atoms with Crippen molar-refractivity contribution in [2.45, 2.75) is 67.3 Å². The van der Waals surface area contributed by atoms with E-state index >= 15 is 0 Å². The Morgan fingerprint density at radius 1 is 1.12 bits per heavy atom. The second-order valence-electron chi connectivity index (χ2n) is 9.52. The molecular weight excluding hydrogens is 464 g/mol. The molecule has 1 saturated heterocycles. The van der Waals surface area contributed by atoms with E-state index in [1.54, 1.807) is 28.2 Å². The second-order valence-corrected chi connectivity index (χ2v) is 12.4. The normalized spacial score (nSPS) is 20.1. The molecule has 6 nitrogen and oxygen atoms in total. The van der Waals surface area contributed by atoms with Gasteiger partial charge in [-0.3, -0.25) is 0 Å². The molecule has 0 radical (unpaired) electrons. The minimum atomic E-state index is -3.53. The Hall–Kier alpha value is -2.34. The third kappa shape index (κ3) is 4.49. The number of hydrogen-bond donors (Lipinski definition) is 0. The summed E-state index contributed by atoms with van der Waals surface area (Å²) in [5.74, 6) is 1.03. The van der Waals surface area contributed by atoms with Gasteiger partial charge < -0.3 is 4.57 Å². The molecule has 0 amide bonds. The van der Waals surface area contributed by atoms with Crippen LogP contribution in [0.3, 0.4) is 0 Å². The lowest BCUT2D eigenvalue weighted by Gasteiger charge is -2.30. The van der Waals surface area contributed by atoms with Crippen LogP contribution in [0.5, 0.6) is 0 Å². The maximum Gasteiger partial charge on any atom is 0.243 e. The predicted octanol–water partition coefficient (Wildman–Crippen LogP) is 5.74. The number of benzene rings is 2. The molecule has 178 valence electrons. The van der Waals surface area contributed by atoms with Crippen LogP contribution in [0, 0.1) is 17.2 Å². The lowest BCUT2D eigenvalue weighted by Crippen LogP contribution is -2.39. The maximum absolute atomic E-state index is 13.4. The van der Waals surface area contributed by atoms with Gasteiger partial charge in [-0.2, -0.15) is 9.57 Å². The summed E-state index contributed by atoms with van der Waals surface area (Å²) in [4.78, 5) is 5.25. The van der Waals surface area contributed by atoms with Gasteiger partial charge in [0.25, 0.3) is 0 Å². The van der Waals surface area contributed by atoms with Crippen LogP contribution in [0.25, 0.3) is 11.0 Å². The largest absolute Gasteiger partial charge is 0.316 e. The summed E-state index contributed by atoms with van der Waals surface area (Å²) >= 11 is 1.62. The number of piperidine rings is 1. The maximum atomic E-state index is 13.4. The number of nitrogens with zero attached hydrogens (tertiary/aromatic N) is 4. The van der Waals surface area contributed by atoms with Gasteiger partial charge in [0.2, 0.25) is 10.0 Å². The van der Waals surface area contributed by atoms with Gasteiger partial charge >= 0.3 is 0 Å². The van der Waals surface area contributed by atoms with Gasteiger partial charge in [0.05, 0.1) is 27.6 Å². The number of sulfonamides is 1. The molecule has 1 aliphatic carbocycles. The van der Waals surface area contributed by atoms with Gasteiger partial charge in [0, 0.05) is 24.9 Å². The van der Waals surface area contributed by atoms with Crippen molar-refractivity contribution < 1.29 is 8.42 Å². The Morgan fingerprint density at radius 3 is 2.68 bits per heavy atom. The zero-order valence-corrected chi connectivity index (χ0v) is 21.1. The van der Waals surface area contributed by atoms with Crippen LogP contribution in [-0.2, 0) is 15.8 Å². The number of hydrogen-bond acceptors (Lipinski definition) is 5. The van der Waals surface area contributed by atoms with E-state index < -0.39 is 10.0 Å². The van der Waals surface area contributed by atoms with E-state index in [1.807, 2.05) is 30.3 Å². The van der Waals surface area contributed by atoms with Gasteiger partial charge in [-0.25, -0.2) is 13.4 Å². The van der Waals surface area contributed by atoms with Crippen LogP contribution in [-0.4, -0.2) is 35.4 Å². The smallest absolute Gasteiger partial charge is 0.243 e. The molecule has 2 aliphatic rings. The molecule has 1 aliphatic heterocycles. The van der Waals surface area contributed by atoms with E-state index in [0.717, 1.165) is 47.4 Å². The number of fused-ring (bicyclic) bond motifs is 1. The molecule has 8 heteroatoms. The zero-order valence-electron chi connectivity index (χ0n) is 19.5. The van der Waals surface area contributed by atoms with Gasteiger partial charge in [0.1, 0.15) is 0 Å². The summed E-state index contributed by atoms with van der Waals surface area (Å²) < 4.78 is 30.7. The Kier molecular flexibility index (Phi) is 6.70. The lowest BCUT2D eigenvalue weighted by atomic mass is 10.0. The molecule has 34 heavy (non-hydrogen) atoms. The molecule has 2 heterocycles. The van der Waals surface area contributed by atoms with Crippen molar-refractivity contribution in [1.29, 1.82) is 5.26 Å². The molecule has 0 spiro atoms. The van der Waals surface area contributed by atoms with Crippen molar-refractivity contribution in [2.24, 2.45) is 5.92 Å². The fourth-order valence-electron chi connectivity index (χ4n) is 5.25. The Bertz CT molecular complexity index is 1340. The first-order valence-electron chi connectivity index (χ1n) is 12.1. The summed E-state index contributed by atoms with van der Waals surface area (Å²) in [5.41, 5.74) is 3.40. The molecule has 2 aromatic carbocycles. The van der Waals surface area contributed by atoms with Crippen molar-refractivity contribution in [3.63, 3.8) is 0 Å². The van der Waals surface area contributed by atoms with Crippen molar-refractivity contribution >= 4 is 32.8 Å². The summed E-state index contributed by atoms with van der Waals surface area (Å²) in [7, 11) is -3.53. The van der Waals surface area contributed by atoms with Gasteiger partial charge in [0.15, 0.2) is 5.16 Å².